The van der Waals surface area contributed by atoms with Crippen LogP contribution in [0.3, 0.4) is 0 Å². The Morgan fingerprint density at radius 2 is 2.10 bits per heavy atom. The summed E-state index contributed by atoms with van der Waals surface area (Å²) in [5.41, 5.74) is 2.14. The van der Waals surface area contributed by atoms with Gasteiger partial charge in [-0.15, -0.1) is 24.0 Å². The topological polar surface area (TPSA) is 49.6 Å². The van der Waals surface area contributed by atoms with Crippen molar-refractivity contribution in [1.29, 1.82) is 0 Å². The molecule has 1 heterocycles. The van der Waals surface area contributed by atoms with Gasteiger partial charge >= 0.3 is 0 Å². The first-order valence-corrected chi connectivity index (χ1v) is 7.13. The Morgan fingerprint density at radius 3 is 2.71 bits per heavy atom. The quantitative estimate of drug-likeness (QED) is 0.473. The first-order chi connectivity index (χ1) is 9.69. The Kier molecular flexibility index (Phi) is 5.13. The largest absolute Gasteiger partial charge is 0.459 e. The van der Waals surface area contributed by atoms with Crippen molar-refractivity contribution in [3.8, 4) is 0 Å². The van der Waals surface area contributed by atoms with E-state index in [4.69, 9.17) is 4.42 Å². The number of nitrogens with one attached hydrogen (secondary N) is 2. The molecule has 2 N–H and O–H groups in total. The summed E-state index contributed by atoms with van der Waals surface area (Å²) in [5.74, 6) is 2.57. The number of guanidine groups is 1. The first-order valence-electron chi connectivity index (χ1n) is 7.13. The minimum absolute atomic E-state index is 0. The molecule has 1 aromatic carbocycles. The number of nitrogens with zero attached hydrogens (tertiary/aromatic N) is 1. The molecule has 2 atom stereocenters. The number of hydrogen-bond acceptors (Lipinski definition) is 2. The molecule has 1 aliphatic carbocycles. The molecule has 1 aliphatic rings. The molecule has 0 spiro atoms. The van der Waals surface area contributed by atoms with Crippen LogP contribution in [0.1, 0.15) is 24.7 Å². The first kappa shape index (κ1) is 16.1. The minimum Gasteiger partial charge on any atom is -0.459 e. The number of aliphatic imine (C=N–C) groups is 1. The Bertz CT molecular complexity index is 650. The molecule has 1 aromatic heterocycles. The van der Waals surface area contributed by atoms with Gasteiger partial charge in [0.1, 0.15) is 11.3 Å². The fourth-order valence-electron chi connectivity index (χ4n) is 2.45. The summed E-state index contributed by atoms with van der Waals surface area (Å²) in [4.78, 5) is 4.25. The summed E-state index contributed by atoms with van der Waals surface area (Å²) in [7, 11) is 1.80. The van der Waals surface area contributed by atoms with Gasteiger partial charge in [0.05, 0.1) is 6.54 Å². The van der Waals surface area contributed by atoms with E-state index in [0.29, 0.717) is 12.6 Å². The number of aryl methyl sites for hydroxylation is 1. The van der Waals surface area contributed by atoms with Crippen LogP contribution in [-0.2, 0) is 6.54 Å². The van der Waals surface area contributed by atoms with E-state index in [0.717, 1.165) is 23.2 Å². The highest BCUT2D eigenvalue weighted by Gasteiger charge is 2.33. The van der Waals surface area contributed by atoms with Crippen molar-refractivity contribution in [3.63, 3.8) is 0 Å². The highest BCUT2D eigenvalue weighted by molar-refractivity contribution is 14.0. The van der Waals surface area contributed by atoms with E-state index >= 15 is 0 Å². The summed E-state index contributed by atoms with van der Waals surface area (Å²) in [6.45, 7) is 5.00. The lowest BCUT2D eigenvalue weighted by molar-refractivity contribution is 0.534. The van der Waals surface area contributed by atoms with Crippen molar-refractivity contribution < 1.29 is 4.42 Å². The van der Waals surface area contributed by atoms with Crippen LogP contribution in [-0.4, -0.2) is 19.0 Å². The second kappa shape index (κ2) is 6.68. The normalized spacial score (nSPS) is 21.0. The van der Waals surface area contributed by atoms with E-state index in [1.807, 2.05) is 18.2 Å². The average molecular weight is 399 g/mol. The second-order valence-corrected chi connectivity index (χ2v) is 5.54. The van der Waals surface area contributed by atoms with Gasteiger partial charge in [0.2, 0.25) is 0 Å². The van der Waals surface area contributed by atoms with E-state index in [-0.39, 0.29) is 24.0 Å². The third-order valence-corrected chi connectivity index (χ3v) is 4.01. The number of benzene rings is 1. The summed E-state index contributed by atoms with van der Waals surface area (Å²) in [6.07, 6.45) is 1.23. The highest BCUT2D eigenvalue weighted by atomic mass is 127. The average Bonchev–Trinajstić information content (AvgIpc) is 3.06. The van der Waals surface area contributed by atoms with Crippen molar-refractivity contribution in [2.24, 2.45) is 10.9 Å². The molecule has 21 heavy (non-hydrogen) atoms. The summed E-state index contributed by atoms with van der Waals surface area (Å²) >= 11 is 0. The van der Waals surface area contributed by atoms with Crippen molar-refractivity contribution in [2.75, 3.05) is 7.05 Å². The number of furan rings is 1. The van der Waals surface area contributed by atoms with Gasteiger partial charge in [-0.2, -0.15) is 0 Å². The summed E-state index contributed by atoms with van der Waals surface area (Å²) < 4.78 is 5.89. The molecule has 4 nitrogen and oxygen atoms in total. The van der Waals surface area contributed by atoms with Gasteiger partial charge in [-0.25, -0.2) is 0 Å². The number of hydrogen-bond donors (Lipinski definition) is 2. The van der Waals surface area contributed by atoms with Gasteiger partial charge in [-0.3, -0.25) is 4.99 Å². The maximum atomic E-state index is 5.89. The smallest absolute Gasteiger partial charge is 0.191 e. The molecule has 0 aliphatic heterocycles. The number of halogens is 1. The Balaban J connectivity index is 0.00000161. The van der Waals surface area contributed by atoms with E-state index in [1.54, 1.807) is 7.05 Å². The molecular formula is C16H22IN3O. The van der Waals surface area contributed by atoms with Crippen LogP contribution in [0, 0.1) is 12.8 Å². The Labute approximate surface area is 142 Å². The predicted molar refractivity (Wildman–Crippen MR) is 97.3 cm³/mol. The third-order valence-electron chi connectivity index (χ3n) is 4.01. The molecule has 3 rings (SSSR count). The van der Waals surface area contributed by atoms with Crippen LogP contribution in [0.5, 0.6) is 0 Å². The summed E-state index contributed by atoms with van der Waals surface area (Å²) in [6, 6.07) is 8.70. The van der Waals surface area contributed by atoms with E-state index in [9.17, 15) is 0 Å². The third kappa shape index (κ3) is 3.51. The Morgan fingerprint density at radius 1 is 1.38 bits per heavy atom. The van der Waals surface area contributed by atoms with E-state index in [2.05, 4.69) is 35.5 Å². The molecule has 0 saturated heterocycles. The molecule has 2 unspecified atom stereocenters. The van der Waals surface area contributed by atoms with E-state index < -0.39 is 0 Å². The van der Waals surface area contributed by atoms with Crippen molar-refractivity contribution in [1.82, 2.24) is 10.6 Å². The molecule has 2 aromatic rings. The molecule has 1 saturated carbocycles. The van der Waals surface area contributed by atoms with Crippen LogP contribution in [0.2, 0.25) is 0 Å². The van der Waals surface area contributed by atoms with Gasteiger partial charge in [-0.1, -0.05) is 25.1 Å². The molecule has 0 radical (unpaired) electrons. The SMILES string of the molecule is CN=C(NCc1oc2ccccc2c1C)NC1CC1C.I. The van der Waals surface area contributed by atoms with Crippen LogP contribution in [0.4, 0.5) is 0 Å². The monoisotopic (exact) mass is 399 g/mol. The fourth-order valence-corrected chi connectivity index (χ4v) is 2.45. The minimum atomic E-state index is 0. The molecule has 114 valence electrons. The van der Waals surface area contributed by atoms with Gasteiger partial charge < -0.3 is 15.1 Å². The van der Waals surface area contributed by atoms with Gasteiger partial charge in [0.15, 0.2) is 5.96 Å². The van der Waals surface area contributed by atoms with Crippen molar-refractivity contribution in [2.45, 2.75) is 32.9 Å². The highest BCUT2D eigenvalue weighted by Crippen LogP contribution is 2.29. The molecule has 5 heteroatoms. The van der Waals surface area contributed by atoms with Gasteiger partial charge in [-0.05, 0) is 25.3 Å². The van der Waals surface area contributed by atoms with Crippen LogP contribution >= 0.6 is 24.0 Å². The zero-order chi connectivity index (χ0) is 14.1. The maximum Gasteiger partial charge on any atom is 0.191 e. The zero-order valence-corrected chi connectivity index (χ0v) is 15.0. The standard InChI is InChI=1S/C16H21N3O.HI/c1-10-8-13(10)19-16(17-3)18-9-15-11(2)12-6-4-5-7-14(12)20-15;/h4-7,10,13H,8-9H2,1-3H3,(H2,17,18,19);1H. The number of para-hydroxylation sites is 1. The summed E-state index contributed by atoms with van der Waals surface area (Å²) in [5, 5.41) is 7.92. The van der Waals surface area contributed by atoms with Gasteiger partial charge in [0, 0.05) is 24.0 Å². The predicted octanol–water partition coefficient (Wildman–Crippen LogP) is 3.43. The fraction of sp³-hybridized carbons (Fsp3) is 0.438. The van der Waals surface area contributed by atoms with Crippen LogP contribution in [0.25, 0.3) is 11.0 Å². The van der Waals surface area contributed by atoms with Gasteiger partial charge in [0.25, 0.3) is 0 Å². The maximum absolute atomic E-state index is 5.89. The number of rotatable bonds is 3. The lowest BCUT2D eigenvalue weighted by Crippen LogP contribution is -2.38. The second-order valence-electron chi connectivity index (χ2n) is 5.54. The molecule has 0 bridgehead atoms. The Hall–Kier alpha value is -1.24. The van der Waals surface area contributed by atoms with Crippen LogP contribution < -0.4 is 10.6 Å². The molecule has 1 fully saturated rings. The molecular weight excluding hydrogens is 377 g/mol. The zero-order valence-electron chi connectivity index (χ0n) is 12.6. The van der Waals surface area contributed by atoms with Crippen molar-refractivity contribution in [3.05, 3.63) is 35.6 Å². The van der Waals surface area contributed by atoms with Crippen molar-refractivity contribution >= 4 is 40.9 Å². The lowest BCUT2D eigenvalue weighted by atomic mass is 10.1. The number of fused-ring (bicyclic) bond motifs is 1. The van der Waals surface area contributed by atoms with Crippen LogP contribution in [0.15, 0.2) is 33.7 Å². The lowest BCUT2D eigenvalue weighted by Gasteiger charge is -2.10. The van der Waals surface area contributed by atoms with E-state index in [1.165, 1.54) is 17.4 Å². The molecule has 0 amide bonds.